The summed E-state index contributed by atoms with van der Waals surface area (Å²) < 4.78 is 46.9. The van der Waals surface area contributed by atoms with E-state index in [1.807, 2.05) is 29.2 Å². The number of carbonyl (C=O) groups is 1. The van der Waals surface area contributed by atoms with Gasteiger partial charge in [0.15, 0.2) is 5.82 Å². The van der Waals surface area contributed by atoms with E-state index in [1.165, 1.54) is 4.57 Å². The van der Waals surface area contributed by atoms with E-state index in [1.54, 1.807) is 37.4 Å². The molecule has 0 spiro atoms. The van der Waals surface area contributed by atoms with Crippen LogP contribution in [0.2, 0.25) is 0 Å². The molecule has 1 saturated heterocycles. The van der Waals surface area contributed by atoms with Crippen molar-refractivity contribution in [3.05, 3.63) is 66.0 Å². The molecule has 1 amide bonds. The van der Waals surface area contributed by atoms with Crippen molar-refractivity contribution >= 4 is 22.9 Å². The number of amides is 1. The van der Waals surface area contributed by atoms with Crippen LogP contribution in [0.1, 0.15) is 43.5 Å². The van der Waals surface area contributed by atoms with E-state index in [2.05, 4.69) is 20.3 Å². The number of rotatable bonds is 9. The van der Waals surface area contributed by atoms with Gasteiger partial charge in [0.25, 0.3) is 6.43 Å². The zero-order valence-electron chi connectivity index (χ0n) is 23.9. The van der Waals surface area contributed by atoms with Crippen LogP contribution in [0.3, 0.4) is 0 Å². The van der Waals surface area contributed by atoms with Gasteiger partial charge in [-0.05, 0) is 43.9 Å². The highest BCUT2D eigenvalue weighted by Gasteiger charge is 2.29. The molecule has 2 aromatic heterocycles. The Labute approximate surface area is 248 Å². The van der Waals surface area contributed by atoms with Gasteiger partial charge in [0.2, 0.25) is 17.7 Å². The maximum Gasteiger partial charge on any atom is 0.296 e. The number of para-hydroxylation sites is 3. The van der Waals surface area contributed by atoms with Crippen LogP contribution in [0, 0.1) is 5.92 Å². The number of aromatic nitrogens is 4. The second kappa shape index (κ2) is 12.9. The van der Waals surface area contributed by atoms with Gasteiger partial charge in [-0.3, -0.25) is 9.36 Å². The lowest BCUT2D eigenvalue weighted by atomic mass is 9.86. The second-order valence-electron chi connectivity index (χ2n) is 10.7. The van der Waals surface area contributed by atoms with E-state index < -0.39 is 12.2 Å². The van der Waals surface area contributed by atoms with E-state index in [0.717, 1.165) is 11.3 Å². The number of halogens is 2. The molecular formula is C31H34F2N6O4. The normalized spacial score (nSPS) is 19.0. The van der Waals surface area contributed by atoms with Crippen molar-refractivity contribution in [3.8, 4) is 17.4 Å². The first-order valence-corrected chi connectivity index (χ1v) is 14.5. The molecule has 1 aliphatic carbocycles. The molecule has 3 heterocycles. The van der Waals surface area contributed by atoms with Crippen LogP contribution in [0.5, 0.6) is 11.6 Å². The number of nitrogens with zero attached hydrogens (tertiary/aromatic N) is 5. The fourth-order valence-corrected chi connectivity index (χ4v) is 5.70. The Morgan fingerprint density at radius 3 is 2.53 bits per heavy atom. The van der Waals surface area contributed by atoms with Crippen molar-refractivity contribution in [2.24, 2.45) is 5.92 Å². The summed E-state index contributed by atoms with van der Waals surface area (Å²) in [6, 6.07) is 16.2. The van der Waals surface area contributed by atoms with Crippen molar-refractivity contribution in [3.63, 3.8) is 0 Å². The van der Waals surface area contributed by atoms with Gasteiger partial charge < -0.3 is 24.4 Å². The maximum atomic E-state index is 14.1. The zero-order chi connectivity index (χ0) is 29.8. The second-order valence-corrected chi connectivity index (χ2v) is 10.7. The molecule has 226 valence electrons. The van der Waals surface area contributed by atoms with E-state index in [4.69, 9.17) is 14.2 Å². The number of fused-ring (bicyclic) bond motifs is 1. The number of carbonyl (C=O) groups excluding carboxylic acids is 1. The van der Waals surface area contributed by atoms with Gasteiger partial charge in [0.1, 0.15) is 17.7 Å². The Bertz CT molecular complexity index is 1570. The van der Waals surface area contributed by atoms with Crippen LogP contribution in [0.25, 0.3) is 16.9 Å². The molecule has 4 aromatic rings. The van der Waals surface area contributed by atoms with Crippen LogP contribution in [-0.2, 0) is 16.1 Å². The summed E-state index contributed by atoms with van der Waals surface area (Å²) in [6.07, 6.45) is -0.322. The maximum absolute atomic E-state index is 14.1. The Hall–Kier alpha value is -4.32. The number of anilines is 1. The largest absolute Gasteiger partial charge is 0.496 e. The number of hydrogen-bond acceptors (Lipinski definition) is 8. The summed E-state index contributed by atoms with van der Waals surface area (Å²) >= 11 is 0. The standard InChI is InChI=1S/C31H34F2N6O4/c1-41-25-9-5-2-6-21(25)19-34-30(40)20-10-12-22(13-11-20)43-27-18-26(36-31(37-27)38-14-16-42-17-15-38)39-24-8-4-3-7-23(24)35-29(39)28(32)33/h2-9,18,20,22,28H,10-17,19H2,1H3,(H,34,40)/t20-,22-. The van der Waals surface area contributed by atoms with Crippen molar-refractivity contribution in [1.29, 1.82) is 0 Å². The third-order valence-electron chi connectivity index (χ3n) is 7.96. The lowest BCUT2D eigenvalue weighted by Crippen LogP contribution is -2.37. The minimum absolute atomic E-state index is 0.00907. The number of imidazole rings is 1. The van der Waals surface area contributed by atoms with Crippen LogP contribution in [-0.4, -0.2) is 64.9 Å². The molecule has 2 aromatic carbocycles. The van der Waals surface area contributed by atoms with Gasteiger partial charge in [-0.1, -0.05) is 30.3 Å². The van der Waals surface area contributed by atoms with Crippen LogP contribution >= 0.6 is 0 Å². The summed E-state index contributed by atoms with van der Waals surface area (Å²) in [4.78, 5) is 28.4. The molecule has 1 N–H and O–H groups in total. The summed E-state index contributed by atoms with van der Waals surface area (Å²) in [7, 11) is 1.61. The lowest BCUT2D eigenvalue weighted by molar-refractivity contribution is -0.126. The molecule has 6 rings (SSSR count). The first kappa shape index (κ1) is 28.8. The third kappa shape index (κ3) is 6.38. The summed E-state index contributed by atoms with van der Waals surface area (Å²) in [5.41, 5.74) is 1.90. The number of methoxy groups -OCH3 is 1. The van der Waals surface area contributed by atoms with Crippen molar-refractivity contribution in [2.45, 2.75) is 44.8 Å². The van der Waals surface area contributed by atoms with Crippen molar-refractivity contribution < 1.29 is 27.8 Å². The summed E-state index contributed by atoms with van der Waals surface area (Å²) in [5, 5.41) is 3.04. The monoisotopic (exact) mass is 592 g/mol. The van der Waals surface area contributed by atoms with Crippen LogP contribution in [0.4, 0.5) is 14.7 Å². The first-order chi connectivity index (χ1) is 21.0. The van der Waals surface area contributed by atoms with Gasteiger partial charge >= 0.3 is 0 Å². The van der Waals surface area contributed by atoms with Gasteiger partial charge in [-0.25, -0.2) is 13.8 Å². The molecule has 10 nitrogen and oxygen atoms in total. The molecule has 2 aliphatic rings. The molecular weight excluding hydrogens is 558 g/mol. The van der Waals surface area contributed by atoms with E-state index in [9.17, 15) is 13.6 Å². The topological polar surface area (TPSA) is 104 Å². The smallest absolute Gasteiger partial charge is 0.296 e. The van der Waals surface area contributed by atoms with Crippen LogP contribution < -0.4 is 19.7 Å². The molecule has 0 bridgehead atoms. The van der Waals surface area contributed by atoms with Crippen LogP contribution in [0.15, 0.2) is 54.6 Å². The molecule has 12 heteroatoms. The number of alkyl halides is 2. The fourth-order valence-electron chi connectivity index (χ4n) is 5.70. The molecule has 1 saturated carbocycles. The highest BCUT2D eigenvalue weighted by Crippen LogP contribution is 2.32. The molecule has 0 unspecified atom stereocenters. The number of benzene rings is 2. The molecule has 1 aliphatic heterocycles. The van der Waals surface area contributed by atoms with E-state index in [-0.39, 0.29) is 23.7 Å². The molecule has 2 fully saturated rings. The summed E-state index contributed by atoms with van der Waals surface area (Å²) in [6.45, 7) is 2.58. The average Bonchev–Trinajstić information content (AvgIpc) is 3.45. The Kier molecular flexibility index (Phi) is 8.64. The van der Waals surface area contributed by atoms with Crippen molar-refractivity contribution in [2.75, 3.05) is 38.3 Å². The highest BCUT2D eigenvalue weighted by atomic mass is 19.3. The zero-order valence-corrected chi connectivity index (χ0v) is 23.9. The number of ether oxygens (including phenoxy) is 3. The average molecular weight is 593 g/mol. The van der Waals surface area contributed by atoms with E-state index >= 15 is 0 Å². The highest BCUT2D eigenvalue weighted by molar-refractivity contribution is 5.79. The number of nitrogens with one attached hydrogen (secondary N) is 1. The van der Waals surface area contributed by atoms with Gasteiger partial charge in [0.05, 0.1) is 31.4 Å². The first-order valence-electron chi connectivity index (χ1n) is 14.5. The SMILES string of the molecule is COc1ccccc1CNC(=O)[C@H]1CC[C@H](Oc2cc(-n3c(C(F)F)nc4ccccc43)nc(N3CCOCC3)n2)CC1. The Balaban J connectivity index is 1.19. The minimum atomic E-state index is -2.80. The van der Waals surface area contributed by atoms with Gasteiger partial charge in [-0.2, -0.15) is 9.97 Å². The summed E-state index contributed by atoms with van der Waals surface area (Å²) in [5.74, 6) is 1.19. The predicted molar refractivity (Wildman–Crippen MR) is 156 cm³/mol. The quantitative estimate of drug-likeness (QED) is 0.294. The Morgan fingerprint density at radius 2 is 1.77 bits per heavy atom. The minimum Gasteiger partial charge on any atom is -0.496 e. The Morgan fingerprint density at radius 1 is 1.02 bits per heavy atom. The van der Waals surface area contributed by atoms with Gasteiger partial charge in [0, 0.05) is 37.2 Å². The fraction of sp³-hybridized carbons (Fsp3) is 0.419. The number of morpholine rings is 1. The molecule has 0 atom stereocenters. The van der Waals surface area contributed by atoms with Gasteiger partial charge in [-0.15, -0.1) is 0 Å². The molecule has 0 radical (unpaired) electrons. The van der Waals surface area contributed by atoms with E-state index in [0.29, 0.717) is 81.4 Å². The van der Waals surface area contributed by atoms with Crippen molar-refractivity contribution in [1.82, 2.24) is 24.8 Å². The predicted octanol–water partition coefficient (Wildman–Crippen LogP) is 4.85. The molecule has 43 heavy (non-hydrogen) atoms. The number of hydrogen-bond donors (Lipinski definition) is 1. The lowest BCUT2D eigenvalue weighted by Gasteiger charge is -2.29. The third-order valence-corrected chi connectivity index (χ3v) is 7.96.